The molecule has 3 aromatic rings. The number of ether oxygens (including phenoxy) is 2. The molecule has 35 heavy (non-hydrogen) atoms. The maximum atomic E-state index is 12.4. The number of carbonyl (C=O) groups excluding carboxylic acids is 1. The van der Waals surface area contributed by atoms with E-state index < -0.39 is 15.7 Å². The number of halogens is 1. The van der Waals surface area contributed by atoms with Gasteiger partial charge < -0.3 is 9.47 Å². The van der Waals surface area contributed by atoms with Crippen molar-refractivity contribution in [2.45, 2.75) is 18.5 Å². The summed E-state index contributed by atoms with van der Waals surface area (Å²) in [6, 6.07) is 15.9. The van der Waals surface area contributed by atoms with Crippen LogP contribution in [0.3, 0.4) is 0 Å². The highest BCUT2D eigenvalue weighted by atomic mass is 35.5. The highest BCUT2D eigenvalue weighted by molar-refractivity contribution is 7.91. The molecule has 1 N–H and O–H groups in total. The van der Waals surface area contributed by atoms with E-state index in [1.165, 1.54) is 13.0 Å². The fourth-order valence-corrected chi connectivity index (χ4v) is 4.42. The number of rotatable bonds is 11. The van der Waals surface area contributed by atoms with E-state index in [4.69, 9.17) is 21.1 Å². The first-order valence-corrected chi connectivity index (χ1v) is 13.2. The van der Waals surface area contributed by atoms with Crippen LogP contribution in [-0.2, 0) is 14.6 Å². The lowest BCUT2D eigenvalue weighted by Gasteiger charge is -2.09. The Labute approximate surface area is 212 Å². The zero-order chi connectivity index (χ0) is 25.3. The normalized spacial score (nSPS) is 11.5. The minimum Gasteiger partial charge on any atom is -0.493 e. The number of aromatic nitrogens is 2. The fourth-order valence-electron chi connectivity index (χ4n) is 2.65. The van der Waals surface area contributed by atoms with Crippen molar-refractivity contribution < 1.29 is 22.7 Å². The summed E-state index contributed by atoms with van der Waals surface area (Å²) < 4.78 is 38.7. The molecule has 0 aliphatic heterocycles. The van der Waals surface area contributed by atoms with E-state index in [2.05, 4.69) is 14.7 Å². The molecular weight excluding hydrogens is 512 g/mol. The topological polar surface area (TPSA) is 131 Å². The molecule has 1 aromatic heterocycles. The number of nitrogens with one attached hydrogen (secondary N) is 1. The Kier molecular flexibility index (Phi) is 9.19. The van der Waals surface area contributed by atoms with Gasteiger partial charge in [-0.2, -0.15) is 14.6 Å². The Morgan fingerprint density at radius 2 is 1.89 bits per heavy atom. The van der Waals surface area contributed by atoms with Crippen molar-refractivity contribution in [3.63, 3.8) is 0 Å². The third-order valence-corrected chi connectivity index (χ3v) is 7.05. The van der Waals surface area contributed by atoms with Crippen molar-refractivity contribution in [3.05, 3.63) is 64.7 Å². The SMILES string of the molecule is CCS(=O)(=O)c1nsc(NC(=O)/C(C#N)=C\c2ccc(OCCCOc3ccccc3Cl)cc2)n1. The number of nitriles is 1. The average molecular weight is 533 g/mol. The average Bonchev–Trinajstić information content (AvgIpc) is 3.33. The van der Waals surface area contributed by atoms with Crippen LogP contribution in [0.5, 0.6) is 11.5 Å². The summed E-state index contributed by atoms with van der Waals surface area (Å²) in [6.45, 7) is 2.35. The number of sulfone groups is 1. The van der Waals surface area contributed by atoms with Crippen molar-refractivity contribution in [1.29, 1.82) is 5.26 Å². The molecule has 1 heterocycles. The van der Waals surface area contributed by atoms with E-state index in [0.29, 0.717) is 41.7 Å². The van der Waals surface area contributed by atoms with E-state index in [0.717, 1.165) is 11.5 Å². The molecule has 9 nitrogen and oxygen atoms in total. The highest BCUT2D eigenvalue weighted by Crippen LogP contribution is 2.23. The first-order valence-electron chi connectivity index (χ1n) is 10.4. The molecule has 0 atom stereocenters. The van der Waals surface area contributed by atoms with Gasteiger partial charge in [-0.05, 0) is 35.9 Å². The Bertz CT molecular complexity index is 1350. The Morgan fingerprint density at radius 3 is 2.57 bits per heavy atom. The van der Waals surface area contributed by atoms with Gasteiger partial charge in [0.2, 0.25) is 15.0 Å². The molecule has 0 aliphatic carbocycles. The molecule has 2 aromatic carbocycles. The second kappa shape index (κ2) is 12.3. The quantitative estimate of drug-likeness (QED) is 0.218. The number of benzene rings is 2. The summed E-state index contributed by atoms with van der Waals surface area (Å²) >= 11 is 6.77. The van der Waals surface area contributed by atoms with Gasteiger partial charge in [-0.15, -0.1) is 0 Å². The van der Waals surface area contributed by atoms with E-state index in [1.807, 2.05) is 18.2 Å². The van der Waals surface area contributed by atoms with Gasteiger partial charge in [0.25, 0.3) is 11.1 Å². The Hall–Kier alpha value is -3.46. The number of para-hydroxylation sites is 1. The van der Waals surface area contributed by atoms with Crippen molar-refractivity contribution in [1.82, 2.24) is 9.36 Å². The van der Waals surface area contributed by atoms with Crippen LogP contribution < -0.4 is 14.8 Å². The van der Waals surface area contributed by atoms with Gasteiger partial charge in [-0.3, -0.25) is 10.1 Å². The van der Waals surface area contributed by atoms with Crippen LogP contribution in [-0.4, -0.2) is 42.6 Å². The number of carbonyl (C=O) groups is 1. The van der Waals surface area contributed by atoms with Gasteiger partial charge in [0.1, 0.15) is 23.1 Å². The number of hydrogen-bond donors (Lipinski definition) is 1. The van der Waals surface area contributed by atoms with Gasteiger partial charge in [0.15, 0.2) is 0 Å². The van der Waals surface area contributed by atoms with Crippen molar-refractivity contribution in [2.24, 2.45) is 0 Å². The van der Waals surface area contributed by atoms with E-state index in [-0.39, 0.29) is 21.6 Å². The van der Waals surface area contributed by atoms with Crippen LogP contribution in [0.1, 0.15) is 18.9 Å². The number of amides is 1. The summed E-state index contributed by atoms with van der Waals surface area (Å²) in [6.07, 6.45) is 2.06. The second-order valence-electron chi connectivity index (χ2n) is 6.96. The van der Waals surface area contributed by atoms with Crippen LogP contribution in [0.15, 0.2) is 59.3 Å². The van der Waals surface area contributed by atoms with Gasteiger partial charge in [0, 0.05) is 18.0 Å². The molecule has 0 aliphatic rings. The van der Waals surface area contributed by atoms with E-state index >= 15 is 0 Å². The summed E-state index contributed by atoms with van der Waals surface area (Å²) in [5, 5.41) is 12.0. The largest absolute Gasteiger partial charge is 0.493 e. The number of nitrogens with zero attached hydrogens (tertiary/aromatic N) is 3. The van der Waals surface area contributed by atoms with E-state index in [1.54, 1.807) is 36.4 Å². The fraction of sp³-hybridized carbons (Fsp3) is 0.217. The molecule has 0 fully saturated rings. The first-order chi connectivity index (χ1) is 16.8. The first kappa shape index (κ1) is 26.2. The lowest BCUT2D eigenvalue weighted by molar-refractivity contribution is -0.112. The minimum absolute atomic E-state index is 0.00885. The van der Waals surface area contributed by atoms with Crippen LogP contribution in [0.25, 0.3) is 6.08 Å². The van der Waals surface area contributed by atoms with Crippen LogP contribution in [0.4, 0.5) is 5.13 Å². The summed E-state index contributed by atoms with van der Waals surface area (Å²) in [5.74, 6) is 0.376. The standard InChI is InChI=1S/C23H21ClN4O5S2/c1-2-35(30,31)23-27-22(34-28-23)26-21(29)17(15-25)14-16-8-10-18(11-9-16)32-12-5-13-33-20-7-4-3-6-19(20)24/h3-4,6-11,14H,2,5,12-13H2,1H3,(H,26,27,28,29)/b17-14-. The van der Waals surface area contributed by atoms with Gasteiger partial charge in [-0.1, -0.05) is 42.8 Å². The Morgan fingerprint density at radius 1 is 1.17 bits per heavy atom. The van der Waals surface area contributed by atoms with Crippen molar-refractivity contribution in [2.75, 3.05) is 24.3 Å². The van der Waals surface area contributed by atoms with Gasteiger partial charge in [0.05, 0.1) is 24.0 Å². The molecule has 3 rings (SSSR count). The molecule has 0 radical (unpaired) electrons. The lowest BCUT2D eigenvalue weighted by Crippen LogP contribution is -2.13. The second-order valence-corrected chi connectivity index (χ2v) is 10.3. The van der Waals surface area contributed by atoms with Crippen LogP contribution in [0.2, 0.25) is 5.02 Å². The van der Waals surface area contributed by atoms with E-state index in [9.17, 15) is 18.5 Å². The van der Waals surface area contributed by atoms with Crippen LogP contribution >= 0.6 is 23.1 Å². The molecule has 0 saturated heterocycles. The summed E-state index contributed by atoms with van der Waals surface area (Å²) in [7, 11) is -3.58. The molecule has 0 bridgehead atoms. The van der Waals surface area contributed by atoms with Gasteiger partial charge >= 0.3 is 0 Å². The highest BCUT2D eigenvalue weighted by Gasteiger charge is 2.20. The maximum Gasteiger partial charge on any atom is 0.268 e. The van der Waals surface area contributed by atoms with Crippen molar-refractivity contribution >= 4 is 50.1 Å². The predicted molar refractivity (Wildman–Crippen MR) is 133 cm³/mol. The number of hydrogen-bond acceptors (Lipinski definition) is 9. The van der Waals surface area contributed by atoms with Gasteiger partial charge in [-0.25, -0.2) is 8.42 Å². The monoisotopic (exact) mass is 532 g/mol. The zero-order valence-corrected chi connectivity index (χ0v) is 21.0. The molecule has 0 spiro atoms. The molecule has 0 saturated carbocycles. The lowest BCUT2D eigenvalue weighted by atomic mass is 10.1. The third kappa shape index (κ3) is 7.51. The minimum atomic E-state index is -3.58. The smallest absolute Gasteiger partial charge is 0.268 e. The molecule has 0 unspecified atom stereocenters. The summed E-state index contributed by atoms with van der Waals surface area (Å²) in [4.78, 5) is 16.2. The summed E-state index contributed by atoms with van der Waals surface area (Å²) in [5.41, 5.74) is 0.433. The molecule has 1 amide bonds. The molecule has 182 valence electrons. The maximum absolute atomic E-state index is 12.4. The third-order valence-electron chi connectivity index (χ3n) is 4.49. The van der Waals surface area contributed by atoms with Crippen molar-refractivity contribution in [3.8, 4) is 17.6 Å². The molecular formula is C23H21ClN4O5S2. The number of anilines is 1. The molecule has 12 heteroatoms. The van der Waals surface area contributed by atoms with Crippen LogP contribution in [0, 0.1) is 11.3 Å². The zero-order valence-electron chi connectivity index (χ0n) is 18.6. The predicted octanol–water partition coefficient (Wildman–Crippen LogP) is 4.38. The Balaban J connectivity index is 1.51.